The van der Waals surface area contributed by atoms with Crippen LogP contribution in [0.4, 0.5) is 0 Å². The molecule has 1 aliphatic heterocycles. The van der Waals surface area contributed by atoms with Crippen molar-refractivity contribution in [3.63, 3.8) is 0 Å². The molecule has 0 radical (unpaired) electrons. The van der Waals surface area contributed by atoms with Crippen molar-refractivity contribution < 1.29 is 52.1 Å². The zero-order chi connectivity index (χ0) is 31.3. The number of fused-ring (bicyclic) bond motifs is 1. The van der Waals surface area contributed by atoms with Crippen LogP contribution in [0.1, 0.15) is 50.5 Å². The van der Waals surface area contributed by atoms with Crippen molar-refractivity contribution in [1.29, 1.82) is 0 Å². The minimum absolute atomic E-state index is 0.0694. The van der Waals surface area contributed by atoms with Crippen molar-refractivity contribution in [2.75, 3.05) is 6.61 Å². The van der Waals surface area contributed by atoms with Gasteiger partial charge in [0.05, 0.1) is 5.56 Å². The zero-order valence-electron chi connectivity index (χ0n) is 23.8. The Balaban J connectivity index is 2.26. The van der Waals surface area contributed by atoms with Crippen molar-refractivity contribution >= 4 is 58.0 Å². The van der Waals surface area contributed by atoms with Gasteiger partial charge in [-0.2, -0.15) is 0 Å². The van der Waals surface area contributed by atoms with Gasteiger partial charge < -0.3 is 33.8 Å². The fraction of sp³-hybridized carbons (Fsp3) is 0.444. The van der Waals surface area contributed by atoms with Gasteiger partial charge in [-0.25, -0.2) is 5.01 Å². The SMILES string of the molecule is CC(=O)OC[C@H]1O[C@@H](N(N=c2oc3ccc(C)cc3cc2C(C)=O)C(N)=S)[C@H](OC(C)=O)[C@@H](OC(C)=O)[C@H]1OC(C)=O. The highest BCUT2D eigenvalue weighted by atomic mass is 32.1. The molecule has 1 aromatic heterocycles. The highest BCUT2D eigenvalue weighted by molar-refractivity contribution is 7.80. The molecule has 0 spiro atoms. The second-order valence-electron chi connectivity index (χ2n) is 9.44. The zero-order valence-corrected chi connectivity index (χ0v) is 24.6. The topological polar surface area (TPSA) is 186 Å². The van der Waals surface area contributed by atoms with Crippen LogP contribution in [0.2, 0.25) is 0 Å². The van der Waals surface area contributed by atoms with Crippen LogP contribution in [0.5, 0.6) is 0 Å². The lowest BCUT2D eigenvalue weighted by molar-refractivity contribution is -0.271. The van der Waals surface area contributed by atoms with Crippen molar-refractivity contribution in [2.24, 2.45) is 10.8 Å². The average molecular weight is 606 g/mol. The van der Waals surface area contributed by atoms with Gasteiger partial charge in [-0.3, -0.25) is 24.0 Å². The number of nitrogens with two attached hydrogens (primary N) is 1. The van der Waals surface area contributed by atoms with E-state index in [1.165, 1.54) is 6.92 Å². The predicted molar refractivity (Wildman–Crippen MR) is 147 cm³/mol. The number of hydrogen-bond acceptors (Lipinski definition) is 13. The predicted octanol–water partition coefficient (Wildman–Crippen LogP) is 1.39. The van der Waals surface area contributed by atoms with Crippen LogP contribution in [0.3, 0.4) is 0 Å². The Hall–Kier alpha value is -4.37. The number of hydrogen-bond donors (Lipinski definition) is 1. The number of carbonyl (C=O) groups excluding carboxylic acids is 5. The molecule has 1 fully saturated rings. The summed E-state index contributed by atoms with van der Waals surface area (Å²) >= 11 is 5.24. The van der Waals surface area contributed by atoms with Gasteiger partial charge in [0.2, 0.25) is 5.55 Å². The van der Waals surface area contributed by atoms with E-state index in [9.17, 15) is 24.0 Å². The molecule has 15 heteroatoms. The van der Waals surface area contributed by atoms with Gasteiger partial charge in [0, 0.05) is 33.1 Å². The number of esters is 4. The molecule has 3 rings (SSSR count). The fourth-order valence-electron chi connectivity index (χ4n) is 4.31. The van der Waals surface area contributed by atoms with Gasteiger partial charge in [-0.1, -0.05) is 11.6 Å². The molecule has 0 aliphatic carbocycles. The second-order valence-corrected chi connectivity index (χ2v) is 9.85. The summed E-state index contributed by atoms with van der Waals surface area (Å²) in [6, 6.07) is 6.89. The maximum absolute atomic E-state index is 12.6. The van der Waals surface area contributed by atoms with E-state index in [2.05, 4.69) is 5.10 Å². The molecule has 0 saturated carbocycles. The van der Waals surface area contributed by atoms with Crippen LogP contribution >= 0.6 is 12.2 Å². The quantitative estimate of drug-likeness (QED) is 0.149. The first kappa shape index (κ1) is 32.1. The lowest BCUT2D eigenvalue weighted by Crippen LogP contribution is -2.66. The molecular formula is C27H31N3O11S. The van der Waals surface area contributed by atoms with Crippen molar-refractivity contribution in [1.82, 2.24) is 5.01 Å². The van der Waals surface area contributed by atoms with E-state index in [4.69, 9.17) is 46.1 Å². The average Bonchev–Trinajstić information content (AvgIpc) is 2.87. The molecule has 1 aromatic carbocycles. The Morgan fingerprint density at radius 2 is 1.50 bits per heavy atom. The maximum Gasteiger partial charge on any atom is 0.303 e. The van der Waals surface area contributed by atoms with E-state index in [0.717, 1.165) is 38.3 Å². The molecule has 0 amide bonds. The van der Waals surface area contributed by atoms with Gasteiger partial charge in [0.1, 0.15) is 18.3 Å². The number of Topliss-reactive ketones (excluding diaryl/α,β-unsaturated/α-hetero) is 1. The molecule has 2 N–H and O–H groups in total. The second kappa shape index (κ2) is 13.5. The first-order chi connectivity index (χ1) is 19.7. The van der Waals surface area contributed by atoms with Crippen LogP contribution in [-0.2, 0) is 42.9 Å². The first-order valence-electron chi connectivity index (χ1n) is 12.7. The molecule has 1 aliphatic rings. The molecule has 0 bridgehead atoms. The Morgan fingerprint density at radius 1 is 0.905 bits per heavy atom. The highest BCUT2D eigenvalue weighted by Gasteiger charge is 2.54. The van der Waals surface area contributed by atoms with Gasteiger partial charge >= 0.3 is 23.9 Å². The third kappa shape index (κ3) is 7.88. The summed E-state index contributed by atoms with van der Waals surface area (Å²) in [6.45, 7) is 7.14. The third-order valence-electron chi connectivity index (χ3n) is 5.91. The first-order valence-corrected chi connectivity index (χ1v) is 13.1. The van der Waals surface area contributed by atoms with Crippen LogP contribution < -0.4 is 11.3 Å². The molecular weight excluding hydrogens is 574 g/mol. The molecule has 5 atom stereocenters. The summed E-state index contributed by atoms with van der Waals surface area (Å²) in [7, 11) is 0. The summed E-state index contributed by atoms with van der Waals surface area (Å²) in [5, 5.41) is 5.47. The van der Waals surface area contributed by atoms with Gasteiger partial charge in [0.15, 0.2) is 35.4 Å². The summed E-state index contributed by atoms with van der Waals surface area (Å²) in [5.74, 6) is -3.52. The molecule has 2 heterocycles. The summed E-state index contributed by atoms with van der Waals surface area (Å²) in [4.78, 5) is 60.6. The lowest BCUT2D eigenvalue weighted by atomic mass is 9.97. The molecule has 1 saturated heterocycles. The number of benzene rings is 1. The van der Waals surface area contributed by atoms with Gasteiger partial charge in [0.25, 0.3) is 0 Å². The Bertz CT molecular complexity index is 1490. The Kier molecular flexibility index (Phi) is 10.4. The summed E-state index contributed by atoms with van der Waals surface area (Å²) < 4.78 is 33.4. The van der Waals surface area contributed by atoms with Crippen molar-refractivity contribution in [3.8, 4) is 0 Å². The van der Waals surface area contributed by atoms with E-state index in [-0.39, 0.29) is 11.1 Å². The minimum Gasteiger partial charge on any atom is -0.463 e. The van der Waals surface area contributed by atoms with Crippen LogP contribution in [0, 0.1) is 6.92 Å². The number of ether oxygens (including phenoxy) is 5. The Morgan fingerprint density at radius 3 is 2.05 bits per heavy atom. The third-order valence-corrected chi connectivity index (χ3v) is 6.10. The normalized spacial score (nSPS) is 22.1. The molecule has 14 nitrogen and oxygen atoms in total. The van der Waals surface area contributed by atoms with Gasteiger partial charge in [-0.15, -0.1) is 5.10 Å². The van der Waals surface area contributed by atoms with Crippen molar-refractivity contribution in [3.05, 3.63) is 40.9 Å². The number of ketones is 1. The van der Waals surface area contributed by atoms with E-state index in [1.54, 1.807) is 18.2 Å². The lowest BCUT2D eigenvalue weighted by Gasteiger charge is -2.46. The number of thiocarbonyl (C=S) groups is 1. The van der Waals surface area contributed by atoms with Crippen LogP contribution in [-0.4, -0.2) is 77.0 Å². The van der Waals surface area contributed by atoms with Crippen LogP contribution in [0.15, 0.2) is 33.8 Å². The molecule has 226 valence electrons. The smallest absolute Gasteiger partial charge is 0.303 e. The number of aryl methyl sites for hydroxylation is 1. The highest BCUT2D eigenvalue weighted by Crippen LogP contribution is 2.31. The van der Waals surface area contributed by atoms with E-state index < -0.39 is 72.0 Å². The summed E-state index contributed by atoms with van der Waals surface area (Å²) in [5.41, 5.74) is 7.21. The number of carbonyl (C=O) groups is 5. The molecule has 42 heavy (non-hydrogen) atoms. The molecule has 0 unspecified atom stereocenters. The number of nitrogens with zero attached hydrogens (tertiary/aromatic N) is 2. The van der Waals surface area contributed by atoms with E-state index >= 15 is 0 Å². The fourth-order valence-corrected chi connectivity index (χ4v) is 4.45. The Labute approximate surface area is 245 Å². The minimum atomic E-state index is -1.55. The van der Waals surface area contributed by atoms with E-state index in [0.29, 0.717) is 11.0 Å². The monoisotopic (exact) mass is 605 g/mol. The van der Waals surface area contributed by atoms with Crippen LogP contribution in [0.25, 0.3) is 11.0 Å². The summed E-state index contributed by atoms with van der Waals surface area (Å²) in [6.07, 6.45) is -7.27. The van der Waals surface area contributed by atoms with Crippen molar-refractivity contribution in [2.45, 2.75) is 72.2 Å². The maximum atomic E-state index is 12.6. The standard InChI is InChI=1S/C27H31N3O11S/c1-12-7-8-20-18(9-12)10-19(13(2)31)25(40-20)29-30(27(28)42)26-24(39-17(6)35)23(38-16(5)34)22(37-15(4)33)21(41-26)11-36-14(3)32/h7-10,21-24,26H,11H2,1-6H3,(H2,28,42)/t21-,22+,23+,24-,26-/m1/s1. The van der Waals surface area contributed by atoms with Gasteiger partial charge in [-0.05, 0) is 44.3 Å². The molecule has 2 aromatic rings. The largest absolute Gasteiger partial charge is 0.463 e. The van der Waals surface area contributed by atoms with E-state index in [1.807, 2.05) is 13.0 Å². The number of rotatable bonds is 8.